The number of benzene rings is 2. The molecule has 2 amide bonds. The van der Waals surface area contributed by atoms with E-state index in [0.29, 0.717) is 36.6 Å². The number of aliphatic hydroxyl groups is 1. The van der Waals surface area contributed by atoms with E-state index < -0.39 is 23.1 Å². The molecule has 10 heteroatoms. The molecule has 4 N–H and O–H groups in total. The normalized spacial score (nSPS) is 18.8. The van der Waals surface area contributed by atoms with Crippen LogP contribution in [0.3, 0.4) is 0 Å². The molecule has 0 aliphatic heterocycles. The van der Waals surface area contributed by atoms with E-state index in [4.69, 9.17) is 16.7 Å². The van der Waals surface area contributed by atoms with Gasteiger partial charge >= 0.3 is 0 Å². The second kappa shape index (κ2) is 18.0. The van der Waals surface area contributed by atoms with Gasteiger partial charge in [-0.3, -0.25) is 9.59 Å². The van der Waals surface area contributed by atoms with Crippen LogP contribution < -0.4 is 16.0 Å². The molecule has 0 aromatic heterocycles. The van der Waals surface area contributed by atoms with Gasteiger partial charge < -0.3 is 21.1 Å². The number of hydrogen-bond acceptors (Lipinski definition) is 4. The lowest BCUT2D eigenvalue weighted by molar-refractivity contribution is -0.113. The van der Waals surface area contributed by atoms with Crippen LogP contribution in [0.4, 0.5) is 18.9 Å². The minimum absolute atomic E-state index is 0.00760. The first-order valence-corrected chi connectivity index (χ1v) is 14.1. The van der Waals surface area contributed by atoms with E-state index in [9.17, 15) is 22.8 Å². The molecule has 0 saturated heterocycles. The van der Waals surface area contributed by atoms with Crippen LogP contribution in [0.15, 0.2) is 30.3 Å². The summed E-state index contributed by atoms with van der Waals surface area (Å²) >= 11 is 5.72. The molecule has 1 aliphatic carbocycles. The third-order valence-electron chi connectivity index (χ3n) is 5.90. The van der Waals surface area contributed by atoms with Gasteiger partial charge in [0.25, 0.3) is 0 Å². The molecular formula is C31H47ClF3N3O3. The highest BCUT2D eigenvalue weighted by atomic mass is 35.5. The number of hydrogen-bond donors (Lipinski definition) is 4. The highest BCUT2D eigenvalue weighted by Crippen LogP contribution is 2.31. The van der Waals surface area contributed by atoms with Gasteiger partial charge in [0.1, 0.15) is 0 Å². The van der Waals surface area contributed by atoms with Crippen molar-refractivity contribution in [2.75, 3.05) is 5.32 Å². The summed E-state index contributed by atoms with van der Waals surface area (Å²) in [4.78, 5) is 20.5. The summed E-state index contributed by atoms with van der Waals surface area (Å²) in [7, 11) is 0. The summed E-state index contributed by atoms with van der Waals surface area (Å²) < 4.78 is 41.3. The van der Waals surface area contributed by atoms with E-state index >= 15 is 0 Å². The van der Waals surface area contributed by atoms with Crippen LogP contribution >= 0.6 is 11.6 Å². The zero-order valence-corrected chi connectivity index (χ0v) is 26.4. The van der Waals surface area contributed by atoms with Crippen LogP contribution in [0.5, 0.6) is 0 Å². The van der Waals surface area contributed by atoms with E-state index in [1.54, 1.807) is 19.9 Å². The highest BCUT2D eigenvalue weighted by Gasteiger charge is 2.37. The minimum Gasteiger partial charge on any atom is -0.390 e. The lowest BCUT2D eigenvalue weighted by Crippen LogP contribution is -2.51. The molecule has 0 heterocycles. The molecule has 1 saturated carbocycles. The van der Waals surface area contributed by atoms with Gasteiger partial charge in [0, 0.05) is 18.6 Å². The molecule has 3 rings (SSSR count). The maximum atomic E-state index is 14.0. The number of rotatable bonds is 9. The molecule has 41 heavy (non-hydrogen) atoms. The molecule has 0 bridgehead atoms. The van der Waals surface area contributed by atoms with Gasteiger partial charge in [0.2, 0.25) is 12.8 Å². The number of carbonyl (C=O) groups is 2. The Morgan fingerprint density at radius 2 is 1.59 bits per heavy atom. The third kappa shape index (κ3) is 14.2. The fourth-order valence-corrected chi connectivity index (χ4v) is 3.92. The van der Waals surface area contributed by atoms with Gasteiger partial charge in [0.05, 0.1) is 16.3 Å². The predicted octanol–water partition coefficient (Wildman–Crippen LogP) is 7.33. The van der Waals surface area contributed by atoms with Crippen LogP contribution in [0.2, 0.25) is 5.02 Å². The topological polar surface area (TPSA) is 90.5 Å². The first-order valence-electron chi connectivity index (χ1n) is 13.8. The number of amides is 2. The Morgan fingerprint density at radius 1 is 1.02 bits per heavy atom. The fourth-order valence-electron chi connectivity index (χ4n) is 3.76. The third-order valence-corrected chi connectivity index (χ3v) is 6.19. The van der Waals surface area contributed by atoms with Crippen LogP contribution in [0.1, 0.15) is 92.2 Å². The van der Waals surface area contributed by atoms with Crippen molar-refractivity contribution in [3.63, 3.8) is 0 Å². The Labute approximate surface area is 248 Å². The molecule has 1 unspecified atom stereocenters. The lowest BCUT2D eigenvalue weighted by atomic mass is 9.77. The van der Waals surface area contributed by atoms with Crippen molar-refractivity contribution in [1.29, 1.82) is 0 Å². The summed E-state index contributed by atoms with van der Waals surface area (Å²) in [6.45, 7) is 18.3. The number of anilines is 1. The fraction of sp³-hybridized carbons (Fsp3) is 0.548. The van der Waals surface area contributed by atoms with Crippen molar-refractivity contribution in [2.24, 2.45) is 5.41 Å². The van der Waals surface area contributed by atoms with Gasteiger partial charge in [-0.2, -0.15) is 0 Å². The monoisotopic (exact) mass is 601 g/mol. The Kier molecular flexibility index (Phi) is 16.9. The lowest BCUT2D eigenvalue weighted by Gasteiger charge is -2.40. The number of nitrogens with one attached hydrogen (secondary N) is 3. The molecule has 1 aliphatic rings. The Bertz CT molecular complexity index is 1080. The van der Waals surface area contributed by atoms with Gasteiger partial charge in [0.15, 0.2) is 17.5 Å². The van der Waals surface area contributed by atoms with Crippen LogP contribution in [0, 0.1) is 22.9 Å². The van der Waals surface area contributed by atoms with Gasteiger partial charge in [-0.05, 0) is 61.3 Å². The van der Waals surface area contributed by atoms with Gasteiger partial charge in [-0.1, -0.05) is 78.3 Å². The minimum atomic E-state index is -0.895. The predicted molar refractivity (Wildman–Crippen MR) is 161 cm³/mol. The smallest absolute Gasteiger partial charge is 0.211 e. The van der Waals surface area contributed by atoms with Crippen LogP contribution in [0.25, 0.3) is 0 Å². The van der Waals surface area contributed by atoms with E-state index in [1.165, 1.54) is 18.2 Å². The summed E-state index contributed by atoms with van der Waals surface area (Å²) in [5.74, 6) is -2.81. The average Bonchev–Trinajstić information content (AvgIpc) is 2.87. The Balaban J connectivity index is 0.000000817. The Hall–Kier alpha value is -2.62. The van der Waals surface area contributed by atoms with Crippen LogP contribution in [-0.4, -0.2) is 35.6 Å². The van der Waals surface area contributed by atoms with Gasteiger partial charge in [-0.25, -0.2) is 13.2 Å². The number of halogens is 4. The van der Waals surface area contributed by atoms with Crippen molar-refractivity contribution in [2.45, 2.75) is 105 Å². The second-order valence-corrected chi connectivity index (χ2v) is 12.1. The highest BCUT2D eigenvalue weighted by molar-refractivity contribution is 6.31. The van der Waals surface area contributed by atoms with E-state index in [-0.39, 0.29) is 40.8 Å². The number of carbonyl (C=O) groups excluding carboxylic acids is 2. The van der Waals surface area contributed by atoms with Crippen molar-refractivity contribution in [3.8, 4) is 0 Å². The molecule has 232 valence electrons. The molecule has 0 spiro atoms. The summed E-state index contributed by atoms with van der Waals surface area (Å²) in [6.07, 6.45) is 2.42. The molecular weight excluding hydrogens is 555 g/mol. The standard InChI is InChI=1S/C18H18ClF3N2O.C6H11NO2.C5H12.C2H6/c1-10(13-4-3-5-15(20)16(13)21)11(2)23-8-12-6-7-14(19)17(22)18(12)24-9-25;1-6(9)2-5(3-6)7-4-8;1-5(2,3)4;1-2/h3-7,9-11,23H,8H2,1-2H3,(H,24,25);4-5,9H,2-3H2,1H3,(H,7,8);1-4H3;1-2H3/t10?,11-;;;/m0.../s1. The SMILES string of the molecule is CC.CC(C)(C)C.CC(c1cccc(F)c1F)[C@H](C)NCc1ccc(Cl)c(F)c1NC=O.CC1(O)CC(NC=O)C1. The summed E-state index contributed by atoms with van der Waals surface area (Å²) in [5.41, 5.74) is 0.716. The molecule has 0 radical (unpaired) electrons. The molecule has 1 fully saturated rings. The first kappa shape index (κ1) is 38.4. The molecule has 2 aromatic carbocycles. The van der Waals surface area contributed by atoms with Crippen molar-refractivity contribution in [1.82, 2.24) is 10.6 Å². The van der Waals surface area contributed by atoms with E-state index in [1.807, 2.05) is 20.8 Å². The quantitative estimate of drug-likeness (QED) is 0.227. The average molecular weight is 602 g/mol. The summed E-state index contributed by atoms with van der Waals surface area (Å²) in [6, 6.07) is 7.00. The zero-order chi connectivity index (χ0) is 32.0. The zero-order valence-electron chi connectivity index (χ0n) is 25.7. The second-order valence-electron chi connectivity index (χ2n) is 11.6. The van der Waals surface area contributed by atoms with Gasteiger partial charge in [-0.15, -0.1) is 0 Å². The first-order chi connectivity index (χ1) is 19.0. The molecule has 6 nitrogen and oxygen atoms in total. The maximum Gasteiger partial charge on any atom is 0.211 e. The van der Waals surface area contributed by atoms with E-state index in [2.05, 4.69) is 43.6 Å². The largest absolute Gasteiger partial charge is 0.390 e. The molecule has 2 aromatic rings. The molecule has 2 atom stereocenters. The van der Waals surface area contributed by atoms with Crippen molar-refractivity contribution >= 4 is 30.1 Å². The Morgan fingerprint density at radius 3 is 2.07 bits per heavy atom. The summed E-state index contributed by atoms with van der Waals surface area (Å²) in [5, 5.41) is 17.1. The van der Waals surface area contributed by atoms with Crippen LogP contribution in [-0.2, 0) is 16.1 Å². The maximum absolute atomic E-state index is 14.0. The van der Waals surface area contributed by atoms with Crippen molar-refractivity contribution in [3.05, 3.63) is 63.9 Å². The van der Waals surface area contributed by atoms with E-state index in [0.717, 1.165) is 6.07 Å². The van der Waals surface area contributed by atoms with Crippen molar-refractivity contribution < 1.29 is 27.9 Å².